The van der Waals surface area contributed by atoms with Crippen LogP contribution in [0.3, 0.4) is 0 Å². The van der Waals surface area contributed by atoms with Crippen molar-refractivity contribution in [3.63, 3.8) is 0 Å². The molecule has 2 aromatic heterocycles. The Morgan fingerprint density at radius 3 is 2.58 bits per heavy atom. The van der Waals surface area contributed by atoms with Gasteiger partial charge in [-0.25, -0.2) is 4.68 Å². The molecule has 8 heteroatoms. The molecular weight excluding hydrogens is 418 g/mol. The molecule has 2 heterocycles. The Balaban J connectivity index is 1.98. The lowest BCUT2D eigenvalue weighted by atomic mass is 10.0. The maximum atomic E-state index is 13.2. The predicted octanol–water partition coefficient (Wildman–Crippen LogP) is 4.72. The first-order chi connectivity index (χ1) is 15.0. The van der Waals surface area contributed by atoms with Gasteiger partial charge in [-0.05, 0) is 61.0 Å². The summed E-state index contributed by atoms with van der Waals surface area (Å²) in [6.07, 6.45) is 1.40. The van der Waals surface area contributed by atoms with Gasteiger partial charge in [-0.1, -0.05) is 23.7 Å². The first kappa shape index (κ1) is 20.4. The number of anilines is 1. The molecule has 0 spiro atoms. The number of carbonyl (C=O) groups is 1. The first-order valence-corrected chi connectivity index (χ1v) is 9.75. The van der Waals surface area contributed by atoms with E-state index < -0.39 is 5.91 Å². The summed E-state index contributed by atoms with van der Waals surface area (Å²) >= 11 is 6.03. The third-order valence-electron chi connectivity index (χ3n) is 4.66. The number of carbonyl (C=O) groups excluding carboxylic acids is 1. The van der Waals surface area contributed by atoms with Crippen molar-refractivity contribution in [3.05, 3.63) is 93.6 Å². The zero-order chi connectivity index (χ0) is 22.0. The van der Waals surface area contributed by atoms with E-state index >= 15 is 0 Å². The molecule has 0 bridgehead atoms. The largest absolute Gasteiger partial charge is 0.497 e. The smallest absolute Gasteiger partial charge is 0.292 e. The minimum absolute atomic E-state index is 0.104. The molecule has 0 saturated carbocycles. The summed E-state index contributed by atoms with van der Waals surface area (Å²) in [6, 6.07) is 17.1. The van der Waals surface area contributed by atoms with Gasteiger partial charge >= 0.3 is 0 Å². The molecule has 0 atom stereocenters. The molecule has 4 rings (SSSR count). The summed E-state index contributed by atoms with van der Waals surface area (Å²) < 4.78 is 12.0. The van der Waals surface area contributed by atoms with Crippen molar-refractivity contribution in [2.45, 2.75) is 6.92 Å². The van der Waals surface area contributed by atoms with Crippen LogP contribution in [0.2, 0.25) is 5.02 Å². The number of amides is 1. The molecule has 31 heavy (non-hydrogen) atoms. The number of ether oxygens (including phenoxy) is 1. The number of aryl methyl sites for hydroxylation is 1. The van der Waals surface area contributed by atoms with Crippen LogP contribution in [-0.2, 0) is 0 Å². The molecule has 0 aliphatic carbocycles. The van der Waals surface area contributed by atoms with Gasteiger partial charge in [-0.3, -0.25) is 9.59 Å². The van der Waals surface area contributed by atoms with Crippen molar-refractivity contribution in [2.24, 2.45) is 0 Å². The lowest BCUT2D eigenvalue weighted by molar-refractivity contribution is 0.0996. The SMILES string of the molecule is COc1cccc(-c2c(NC(=O)c3ccco3)n(-c3ccc(Cl)cc3)nc(C)c2=O)c1. The monoisotopic (exact) mass is 435 g/mol. The molecule has 0 aliphatic rings. The molecule has 0 aliphatic heterocycles. The molecular formula is C23H18ClN3O4. The summed E-state index contributed by atoms with van der Waals surface area (Å²) in [6.45, 7) is 1.62. The minimum Gasteiger partial charge on any atom is -0.497 e. The predicted molar refractivity (Wildman–Crippen MR) is 118 cm³/mol. The maximum absolute atomic E-state index is 13.2. The Hall–Kier alpha value is -3.84. The van der Waals surface area contributed by atoms with Crippen LogP contribution in [-0.4, -0.2) is 22.8 Å². The van der Waals surface area contributed by atoms with Gasteiger partial charge < -0.3 is 14.5 Å². The highest BCUT2D eigenvalue weighted by molar-refractivity contribution is 6.30. The van der Waals surface area contributed by atoms with Crippen LogP contribution >= 0.6 is 11.6 Å². The van der Waals surface area contributed by atoms with E-state index in [0.29, 0.717) is 22.0 Å². The van der Waals surface area contributed by atoms with Gasteiger partial charge in [0.1, 0.15) is 17.3 Å². The Labute approximate surface area is 182 Å². The van der Waals surface area contributed by atoms with Gasteiger partial charge in [0.25, 0.3) is 5.91 Å². The third-order valence-corrected chi connectivity index (χ3v) is 4.91. The standard InChI is InChI=1S/C23H18ClN3O4/c1-14-21(28)20(15-5-3-6-18(13-15)30-2)22(25-23(29)19-7-4-12-31-19)27(26-14)17-10-8-16(24)9-11-17/h3-13H,1-2H3,(H,25,29). The van der Waals surface area contributed by atoms with Crippen molar-refractivity contribution in [1.82, 2.24) is 9.78 Å². The van der Waals surface area contributed by atoms with Crippen LogP contribution in [0.5, 0.6) is 5.75 Å². The maximum Gasteiger partial charge on any atom is 0.292 e. The number of methoxy groups -OCH3 is 1. The summed E-state index contributed by atoms with van der Waals surface area (Å²) in [7, 11) is 1.54. The highest BCUT2D eigenvalue weighted by Gasteiger charge is 2.22. The number of furan rings is 1. The summed E-state index contributed by atoms with van der Waals surface area (Å²) in [5, 5.41) is 7.76. The van der Waals surface area contributed by atoms with Gasteiger partial charge in [-0.2, -0.15) is 5.10 Å². The minimum atomic E-state index is -0.512. The van der Waals surface area contributed by atoms with E-state index in [-0.39, 0.29) is 28.3 Å². The highest BCUT2D eigenvalue weighted by atomic mass is 35.5. The van der Waals surface area contributed by atoms with Crippen molar-refractivity contribution in [3.8, 4) is 22.6 Å². The van der Waals surface area contributed by atoms with Crippen LogP contribution in [0.1, 0.15) is 16.2 Å². The molecule has 7 nitrogen and oxygen atoms in total. The fourth-order valence-corrected chi connectivity index (χ4v) is 3.27. The Morgan fingerprint density at radius 1 is 1.13 bits per heavy atom. The van der Waals surface area contributed by atoms with Gasteiger partial charge in [0.2, 0.25) is 5.43 Å². The van der Waals surface area contributed by atoms with Crippen LogP contribution in [0.25, 0.3) is 16.8 Å². The van der Waals surface area contributed by atoms with Gasteiger partial charge in [0.05, 0.1) is 24.6 Å². The quantitative estimate of drug-likeness (QED) is 0.490. The third kappa shape index (κ3) is 4.08. The molecule has 1 N–H and O–H groups in total. The molecule has 0 fully saturated rings. The summed E-state index contributed by atoms with van der Waals surface area (Å²) in [5.74, 6) is 0.370. The number of halogens is 1. The molecule has 0 unspecified atom stereocenters. The van der Waals surface area contributed by atoms with E-state index in [9.17, 15) is 9.59 Å². The topological polar surface area (TPSA) is 86.4 Å². The molecule has 2 aromatic carbocycles. The number of aromatic nitrogens is 2. The lowest BCUT2D eigenvalue weighted by Crippen LogP contribution is -2.24. The zero-order valence-electron chi connectivity index (χ0n) is 16.8. The average Bonchev–Trinajstić information content (AvgIpc) is 3.32. The second kappa shape index (κ2) is 8.49. The average molecular weight is 436 g/mol. The summed E-state index contributed by atoms with van der Waals surface area (Å²) in [5.41, 5.74) is 1.43. The number of hydrogen-bond donors (Lipinski definition) is 1. The van der Waals surface area contributed by atoms with E-state index in [1.165, 1.54) is 17.0 Å². The molecule has 1 amide bonds. The number of nitrogens with zero attached hydrogens (tertiary/aromatic N) is 2. The van der Waals surface area contributed by atoms with Crippen molar-refractivity contribution >= 4 is 23.3 Å². The van der Waals surface area contributed by atoms with Crippen molar-refractivity contribution < 1.29 is 13.9 Å². The Kier molecular flexibility index (Phi) is 5.60. The normalized spacial score (nSPS) is 10.7. The summed E-state index contributed by atoms with van der Waals surface area (Å²) in [4.78, 5) is 26.0. The van der Waals surface area contributed by atoms with Crippen molar-refractivity contribution in [2.75, 3.05) is 12.4 Å². The number of benzene rings is 2. The second-order valence-electron chi connectivity index (χ2n) is 6.69. The van der Waals surface area contributed by atoms with Crippen LogP contribution in [0.15, 0.2) is 76.1 Å². The number of rotatable bonds is 5. The number of nitrogens with one attached hydrogen (secondary N) is 1. The fraction of sp³-hybridized carbons (Fsp3) is 0.0870. The lowest BCUT2D eigenvalue weighted by Gasteiger charge is -2.18. The second-order valence-corrected chi connectivity index (χ2v) is 7.13. The fourth-order valence-electron chi connectivity index (χ4n) is 3.15. The van der Waals surface area contributed by atoms with Gasteiger partial charge in [0, 0.05) is 5.02 Å². The van der Waals surface area contributed by atoms with E-state index in [2.05, 4.69) is 10.4 Å². The van der Waals surface area contributed by atoms with E-state index in [1.54, 1.807) is 68.6 Å². The highest BCUT2D eigenvalue weighted by Crippen LogP contribution is 2.30. The van der Waals surface area contributed by atoms with Crippen molar-refractivity contribution in [1.29, 1.82) is 0 Å². The van der Waals surface area contributed by atoms with Crippen LogP contribution < -0.4 is 15.5 Å². The Morgan fingerprint density at radius 2 is 1.90 bits per heavy atom. The molecule has 4 aromatic rings. The Bertz CT molecular complexity index is 1300. The van der Waals surface area contributed by atoms with Gasteiger partial charge in [0.15, 0.2) is 5.76 Å². The van der Waals surface area contributed by atoms with Crippen LogP contribution in [0.4, 0.5) is 5.82 Å². The van der Waals surface area contributed by atoms with E-state index in [0.717, 1.165) is 0 Å². The number of hydrogen-bond acceptors (Lipinski definition) is 5. The van der Waals surface area contributed by atoms with Crippen LogP contribution in [0, 0.1) is 6.92 Å². The molecule has 156 valence electrons. The molecule has 0 radical (unpaired) electrons. The van der Waals surface area contributed by atoms with E-state index in [4.69, 9.17) is 20.8 Å². The van der Waals surface area contributed by atoms with E-state index in [1.807, 2.05) is 0 Å². The van der Waals surface area contributed by atoms with Gasteiger partial charge in [-0.15, -0.1) is 0 Å². The zero-order valence-corrected chi connectivity index (χ0v) is 17.5. The first-order valence-electron chi connectivity index (χ1n) is 9.37. The molecule has 0 saturated heterocycles.